The van der Waals surface area contributed by atoms with Crippen LogP contribution in [0, 0.1) is 20.2 Å². The molecule has 0 aliphatic rings. The quantitative estimate of drug-likeness (QED) is 0.256. The van der Waals surface area contributed by atoms with Gasteiger partial charge < -0.3 is 24.3 Å². The van der Waals surface area contributed by atoms with E-state index in [2.05, 4.69) is 5.32 Å². The summed E-state index contributed by atoms with van der Waals surface area (Å²) < 4.78 is 21.1. The maximum absolute atomic E-state index is 11.0. The maximum Gasteiger partial charge on any atom is 0.299 e. The minimum Gasteiger partial charge on any atom is -0.379 e. The van der Waals surface area contributed by atoms with Crippen molar-refractivity contribution in [1.29, 1.82) is 0 Å². The van der Waals surface area contributed by atoms with Gasteiger partial charge in [0.05, 0.1) is 62.2 Å². The molecule has 1 rings (SSSR count). The number of anilines is 1. The Morgan fingerprint density at radius 3 is 1.93 bits per heavy atom. The van der Waals surface area contributed by atoms with Crippen molar-refractivity contribution in [2.75, 3.05) is 64.7 Å². The van der Waals surface area contributed by atoms with E-state index in [1.165, 1.54) is 12.1 Å². The average Bonchev–Trinajstić information content (AvgIpc) is 2.65. The third kappa shape index (κ3) is 9.80. The molecule has 11 heteroatoms. The van der Waals surface area contributed by atoms with Gasteiger partial charge in [0, 0.05) is 19.2 Å². The van der Waals surface area contributed by atoms with Crippen LogP contribution in [-0.4, -0.2) is 69.2 Å². The van der Waals surface area contributed by atoms with Gasteiger partial charge in [-0.25, -0.2) is 0 Å². The second-order valence-corrected chi connectivity index (χ2v) is 5.18. The van der Waals surface area contributed by atoms with E-state index in [1.54, 1.807) is 0 Å². The summed E-state index contributed by atoms with van der Waals surface area (Å²) in [4.78, 5) is 20.4. The Morgan fingerprint density at radius 2 is 1.41 bits per heavy atom. The second-order valence-electron chi connectivity index (χ2n) is 5.18. The molecule has 27 heavy (non-hydrogen) atoms. The molecule has 0 radical (unpaired) electrons. The predicted molar refractivity (Wildman–Crippen MR) is 97.2 cm³/mol. The lowest BCUT2D eigenvalue weighted by Crippen LogP contribution is -2.15. The van der Waals surface area contributed by atoms with Crippen LogP contribution in [0.5, 0.6) is 0 Å². The number of ether oxygens (including phenoxy) is 4. The van der Waals surface area contributed by atoms with Gasteiger partial charge in [-0.15, -0.1) is 0 Å². The molecule has 0 aliphatic carbocycles. The van der Waals surface area contributed by atoms with Gasteiger partial charge in [-0.05, 0) is 13.0 Å². The summed E-state index contributed by atoms with van der Waals surface area (Å²) in [6.07, 6.45) is 0. The molecule has 152 valence electrons. The Labute approximate surface area is 156 Å². The van der Waals surface area contributed by atoms with Crippen LogP contribution in [0.2, 0.25) is 0 Å². The third-order valence-electron chi connectivity index (χ3n) is 3.27. The van der Waals surface area contributed by atoms with E-state index in [1.807, 2.05) is 6.92 Å². The lowest BCUT2D eigenvalue weighted by atomic mass is 10.2. The molecule has 0 bridgehead atoms. The third-order valence-corrected chi connectivity index (χ3v) is 3.27. The van der Waals surface area contributed by atoms with Crippen molar-refractivity contribution >= 4 is 17.1 Å². The molecule has 0 unspecified atom stereocenters. The standard InChI is InChI=1S/C16H25N3O8/c1-2-24-7-8-26-11-12-27-10-9-25-6-5-17-15-4-3-14(18(20)21)13-16(15)19(22)23/h3-4,13,17H,2,5-12H2,1H3. The zero-order valence-electron chi connectivity index (χ0n) is 15.3. The molecule has 0 amide bonds. The molecule has 0 fully saturated rings. The average molecular weight is 387 g/mol. The molecular formula is C16H25N3O8. The minimum atomic E-state index is -0.677. The van der Waals surface area contributed by atoms with E-state index in [9.17, 15) is 20.2 Å². The summed E-state index contributed by atoms with van der Waals surface area (Å²) in [5.41, 5.74) is -0.478. The number of nitrogens with zero attached hydrogens (tertiary/aromatic N) is 2. The highest BCUT2D eigenvalue weighted by atomic mass is 16.6. The van der Waals surface area contributed by atoms with Crippen molar-refractivity contribution in [3.05, 3.63) is 38.4 Å². The molecule has 1 N–H and O–H groups in total. The van der Waals surface area contributed by atoms with Crippen LogP contribution in [0.15, 0.2) is 18.2 Å². The largest absolute Gasteiger partial charge is 0.379 e. The molecule has 0 atom stereocenters. The Morgan fingerprint density at radius 1 is 0.852 bits per heavy atom. The smallest absolute Gasteiger partial charge is 0.299 e. The van der Waals surface area contributed by atoms with Crippen molar-refractivity contribution in [1.82, 2.24) is 0 Å². The molecule has 1 aromatic rings. The van der Waals surface area contributed by atoms with Gasteiger partial charge in [0.15, 0.2) is 0 Å². The number of nitro benzene ring substituents is 2. The van der Waals surface area contributed by atoms with Crippen LogP contribution in [0.3, 0.4) is 0 Å². The highest BCUT2D eigenvalue weighted by Crippen LogP contribution is 2.28. The zero-order valence-corrected chi connectivity index (χ0v) is 15.3. The number of nitrogens with one attached hydrogen (secondary N) is 1. The topological polar surface area (TPSA) is 135 Å². The molecule has 0 aromatic heterocycles. The van der Waals surface area contributed by atoms with E-state index in [0.29, 0.717) is 59.4 Å². The Kier molecular flexibility index (Phi) is 11.6. The highest BCUT2D eigenvalue weighted by Gasteiger charge is 2.18. The normalized spacial score (nSPS) is 10.7. The molecular weight excluding hydrogens is 362 g/mol. The second kappa shape index (κ2) is 13.8. The summed E-state index contributed by atoms with van der Waals surface area (Å²) in [5, 5.41) is 24.5. The summed E-state index contributed by atoms with van der Waals surface area (Å²) in [6, 6.07) is 3.44. The molecule has 0 saturated heterocycles. The lowest BCUT2D eigenvalue weighted by Gasteiger charge is -2.09. The van der Waals surface area contributed by atoms with Crippen molar-refractivity contribution in [3.63, 3.8) is 0 Å². The Balaban J connectivity index is 2.11. The van der Waals surface area contributed by atoms with Crippen molar-refractivity contribution in [3.8, 4) is 0 Å². The zero-order chi connectivity index (χ0) is 19.9. The maximum atomic E-state index is 11.0. The molecule has 11 nitrogen and oxygen atoms in total. The summed E-state index contributed by atoms with van der Waals surface area (Å²) in [6.45, 7) is 6.06. The van der Waals surface area contributed by atoms with Crippen molar-refractivity contribution in [2.45, 2.75) is 6.92 Å². The number of hydrogen-bond donors (Lipinski definition) is 1. The molecule has 0 aliphatic heterocycles. The van der Waals surface area contributed by atoms with E-state index < -0.39 is 9.85 Å². The van der Waals surface area contributed by atoms with E-state index in [0.717, 1.165) is 6.07 Å². The van der Waals surface area contributed by atoms with Gasteiger partial charge in [-0.1, -0.05) is 0 Å². The molecule has 1 aromatic carbocycles. The Hall–Kier alpha value is -2.34. The number of hydrogen-bond acceptors (Lipinski definition) is 9. The number of nitro groups is 2. The number of non-ortho nitro benzene ring substituents is 1. The van der Waals surface area contributed by atoms with Crippen LogP contribution in [-0.2, 0) is 18.9 Å². The van der Waals surface area contributed by atoms with Crippen molar-refractivity contribution in [2.24, 2.45) is 0 Å². The fourth-order valence-electron chi connectivity index (χ4n) is 2.00. The van der Waals surface area contributed by atoms with Gasteiger partial charge in [0.25, 0.3) is 11.4 Å². The SMILES string of the molecule is CCOCCOCCOCCOCCNc1ccc([N+](=O)[O-])cc1[N+](=O)[O-]. The molecule has 0 heterocycles. The first kappa shape index (κ1) is 22.7. The van der Waals surface area contributed by atoms with Crippen LogP contribution in [0.1, 0.15) is 6.92 Å². The Bertz CT molecular complexity index is 585. The summed E-state index contributed by atoms with van der Waals surface area (Å²) in [7, 11) is 0. The van der Waals surface area contributed by atoms with Gasteiger partial charge in [-0.3, -0.25) is 20.2 Å². The summed E-state index contributed by atoms with van der Waals surface area (Å²) in [5.74, 6) is 0. The lowest BCUT2D eigenvalue weighted by molar-refractivity contribution is -0.393. The van der Waals surface area contributed by atoms with Gasteiger partial charge in [-0.2, -0.15) is 0 Å². The molecule has 0 saturated carbocycles. The first-order valence-corrected chi connectivity index (χ1v) is 8.54. The first-order valence-electron chi connectivity index (χ1n) is 8.54. The summed E-state index contributed by atoms with van der Waals surface area (Å²) >= 11 is 0. The fraction of sp³-hybridized carbons (Fsp3) is 0.625. The van der Waals surface area contributed by atoms with Crippen molar-refractivity contribution < 1.29 is 28.8 Å². The van der Waals surface area contributed by atoms with E-state index in [-0.39, 0.29) is 17.1 Å². The van der Waals surface area contributed by atoms with Crippen LogP contribution >= 0.6 is 0 Å². The van der Waals surface area contributed by atoms with Crippen LogP contribution in [0.25, 0.3) is 0 Å². The van der Waals surface area contributed by atoms with E-state index in [4.69, 9.17) is 18.9 Å². The number of rotatable bonds is 16. The fourth-order valence-corrected chi connectivity index (χ4v) is 2.00. The van der Waals surface area contributed by atoms with Crippen LogP contribution in [0.4, 0.5) is 17.1 Å². The minimum absolute atomic E-state index is 0.203. The first-order chi connectivity index (χ1) is 13.1. The van der Waals surface area contributed by atoms with Gasteiger partial charge in [0.1, 0.15) is 5.69 Å². The van der Waals surface area contributed by atoms with Gasteiger partial charge >= 0.3 is 0 Å². The predicted octanol–water partition coefficient (Wildman–Crippen LogP) is 2.00. The highest BCUT2D eigenvalue weighted by molar-refractivity contribution is 5.65. The molecule has 0 spiro atoms. The monoisotopic (exact) mass is 387 g/mol. The van der Waals surface area contributed by atoms with Crippen LogP contribution < -0.4 is 5.32 Å². The van der Waals surface area contributed by atoms with Gasteiger partial charge in [0.2, 0.25) is 0 Å². The number of benzene rings is 1. The van der Waals surface area contributed by atoms with E-state index >= 15 is 0 Å².